The minimum Gasteiger partial charge on any atom is -0.465 e. The van der Waals surface area contributed by atoms with Crippen molar-refractivity contribution in [3.05, 3.63) is 88.2 Å². The second kappa shape index (κ2) is 11.7. The topological polar surface area (TPSA) is 116 Å². The molecule has 0 fully saturated rings. The maximum Gasteiger partial charge on any atom is 0.337 e. The van der Waals surface area contributed by atoms with Crippen LogP contribution < -0.4 is 9.52 Å². The van der Waals surface area contributed by atoms with Gasteiger partial charge in [-0.05, 0) is 56.3 Å². The van der Waals surface area contributed by atoms with Gasteiger partial charge in [0.05, 0.1) is 45.6 Å². The van der Waals surface area contributed by atoms with Gasteiger partial charge in [-0.2, -0.15) is 4.99 Å². The number of rotatable bonds is 9. The zero-order valence-electron chi connectivity index (χ0n) is 21.1. The van der Waals surface area contributed by atoms with E-state index in [-0.39, 0.29) is 16.1 Å². The number of benzene rings is 3. The second-order valence-electron chi connectivity index (χ2n) is 8.29. The third-order valence-electron chi connectivity index (χ3n) is 5.70. The van der Waals surface area contributed by atoms with E-state index in [1.54, 1.807) is 42.5 Å². The summed E-state index contributed by atoms with van der Waals surface area (Å²) in [5.41, 5.74) is 2.32. The molecule has 4 rings (SSSR count). The van der Waals surface area contributed by atoms with Gasteiger partial charge < -0.3 is 14.0 Å². The van der Waals surface area contributed by atoms with E-state index in [4.69, 9.17) is 9.47 Å². The number of hydrogen-bond acceptors (Lipinski definition) is 7. The second-order valence-corrected chi connectivity index (χ2v) is 11.0. The lowest BCUT2D eigenvalue weighted by atomic mass is 10.2. The number of amides is 1. The quantitative estimate of drug-likeness (QED) is 0.243. The molecule has 0 aliphatic rings. The van der Waals surface area contributed by atoms with Gasteiger partial charge in [-0.1, -0.05) is 41.2 Å². The van der Waals surface area contributed by atoms with Crippen LogP contribution in [-0.4, -0.2) is 45.2 Å². The SMILES string of the molecule is CCOCCn1c(=NC(=O)c2ccccc2NS(=O)(=O)c2ccc(C)cc2)sc2cc(C(=O)OC)ccc21. The third-order valence-corrected chi connectivity index (χ3v) is 8.12. The first-order valence-corrected chi connectivity index (χ1v) is 14.1. The predicted molar refractivity (Wildman–Crippen MR) is 146 cm³/mol. The van der Waals surface area contributed by atoms with Crippen molar-refractivity contribution in [3.8, 4) is 0 Å². The standard InChI is InChI=1S/C27H27N3O6S2/c1-4-36-16-15-30-23-14-11-19(26(32)35-3)17-24(23)37-27(30)28-25(31)21-7-5-6-8-22(21)29-38(33,34)20-12-9-18(2)10-13-20/h5-14,17,29H,4,15-16H2,1-3H3. The minimum absolute atomic E-state index is 0.0852. The number of fused-ring (bicyclic) bond motifs is 1. The molecule has 0 bridgehead atoms. The van der Waals surface area contributed by atoms with E-state index < -0.39 is 21.9 Å². The van der Waals surface area contributed by atoms with Crippen molar-refractivity contribution in [3.63, 3.8) is 0 Å². The van der Waals surface area contributed by atoms with Gasteiger partial charge >= 0.3 is 5.97 Å². The number of thiazole rings is 1. The highest BCUT2D eigenvalue weighted by molar-refractivity contribution is 7.92. The third kappa shape index (κ3) is 6.01. The van der Waals surface area contributed by atoms with Crippen LogP contribution in [0.25, 0.3) is 10.2 Å². The van der Waals surface area contributed by atoms with Crippen LogP contribution in [0.5, 0.6) is 0 Å². The lowest BCUT2D eigenvalue weighted by Gasteiger charge is -2.11. The number of carbonyl (C=O) groups excluding carboxylic acids is 2. The summed E-state index contributed by atoms with van der Waals surface area (Å²) in [5.74, 6) is -1.08. The molecule has 0 radical (unpaired) electrons. The summed E-state index contributed by atoms with van der Waals surface area (Å²) in [5, 5.41) is 0. The summed E-state index contributed by atoms with van der Waals surface area (Å²) in [4.78, 5) is 30.2. The smallest absolute Gasteiger partial charge is 0.337 e. The van der Waals surface area contributed by atoms with Crippen LogP contribution in [0.1, 0.15) is 33.2 Å². The summed E-state index contributed by atoms with van der Waals surface area (Å²) in [6.45, 7) is 5.12. The minimum atomic E-state index is -3.92. The van der Waals surface area contributed by atoms with Crippen LogP contribution in [-0.2, 0) is 26.0 Å². The van der Waals surface area contributed by atoms with Crippen LogP contribution in [0.15, 0.2) is 76.6 Å². The number of carbonyl (C=O) groups is 2. The van der Waals surface area contributed by atoms with Gasteiger partial charge in [0.25, 0.3) is 15.9 Å². The number of ether oxygens (including phenoxy) is 2. The highest BCUT2D eigenvalue weighted by Gasteiger charge is 2.19. The van der Waals surface area contributed by atoms with Crippen molar-refractivity contribution >= 4 is 49.1 Å². The van der Waals surface area contributed by atoms with E-state index in [1.165, 1.54) is 42.7 Å². The normalized spacial score (nSPS) is 12.0. The molecule has 198 valence electrons. The maximum atomic E-state index is 13.4. The van der Waals surface area contributed by atoms with Crippen molar-refractivity contribution in [2.75, 3.05) is 25.0 Å². The van der Waals surface area contributed by atoms with E-state index in [0.717, 1.165) is 15.8 Å². The number of methoxy groups -OCH3 is 1. The van der Waals surface area contributed by atoms with E-state index in [0.29, 0.717) is 30.1 Å². The molecule has 1 heterocycles. The predicted octanol–water partition coefficient (Wildman–Crippen LogP) is 4.38. The van der Waals surface area contributed by atoms with E-state index in [9.17, 15) is 18.0 Å². The Morgan fingerprint density at radius 2 is 1.79 bits per heavy atom. The Hall–Kier alpha value is -3.80. The Morgan fingerprint density at radius 3 is 2.50 bits per heavy atom. The molecular formula is C27H27N3O6S2. The number of aromatic nitrogens is 1. The lowest BCUT2D eigenvalue weighted by Crippen LogP contribution is -2.20. The monoisotopic (exact) mass is 553 g/mol. The van der Waals surface area contributed by atoms with Gasteiger partial charge in [-0.25, -0.2) is 13.2 Å². The van der Waals surface area contributed by atoms with Gasteiger partial charge in [0.15, 0.2) is 4.80 Å². The van der Waals surface area contributed by atoms with Crippen LogP contribution in [0, 0.1) is 6.92 Å². The van der Waals surface area contributed by atoms with Crippen molar-refractivity contribution < 1.29 is 27.5 Å². The number of hydrogen-bond donors (Lipinski definition) is 1. The van der Waals surface area contributed by atoms with Crippen molar-refractivity contribution in [2.24, 2.45) is 4.99 Å². The molecule has 3 aromatic carbocycles. The molecule has 38 heavy (non-hydrogen) atoms. The first-order valence-electron chi connectivity index (χ1n) is 11.8. The number of aryl methyl sites for hydroxylation is 1. The number of sulfonamides is 1. The van der Waals surface area contributed by atoms with E-state index in [2.05, 4.69) is 9.71 Å². The van der Waals surface area contributed by atoms with Crippen molar-refractivity contribution in [1.29, 1.82) is 0 Å². The van der Waals surface area contributed by atoms with Gasteiger partial charge in [0.1, 0.15) is 0 Å². The fourth-order valence-corrected chi connectivity index (χ4v) is 5.92. The average molecular weight is 554 g/mol. The molecular weight excluding hydrogens is 526 g/mol. The molecule has 9 nitrogen and oxygen atoms in total. The van der Waals surface area contributed by atoms with Crippen LogP contribution >= 0.6 is 11.3 Å². The highest BCUT2D eigenvalue weighted by Crippen LogP contribution is 2.23. The number of esters is 1. The molecule has 0 aliphatic heterocycles. The fourth-order valence-electron chi connectivity index (χ4n) is 3.75. The average Bonchev–Trinajstić information content (AvgIpc) is 3.24. The molecule has 11 heteroatoms. The highest BCUT2D eigenvalue weighted by atomic mass is 32.2. The molecule has 0 aliphatic carbocycles. The Labute approximate surface area is 224 Å². The number of nitrogens with zero attached hydrogens (tertiary/aromatic N) is 2. The first kappa shape index (κ1) is 27.2. The zero-order valence-corrected chi connectivity index (χ0v) is 22.8. The largest absolute Gasteiger partial charge is 0.465 e. The Kier molecular flexibility index (Phi) is 8.40. The molecule has 4 aromatic rings. The molecule has 0 atom stereocenters. The lowest BCUT2D eigenvalue weighted by molar-refractivity contribution is 0.0600. The Balaban J connectivity index is 1.74. The van der Waals surface area contributed by atoms with Crippen molar-refractivity contribution in [2.45, 2.75) is 25.3 Å². The van der Waals surface area contributed by atoms with Crippen LogP contribution in [0.2, 0.25) is 0 Å². The van der Waals surface area contributed by atoms with Gasteiger partial charge in [0.2, 0.25) is 0 Å². The van der Waals surface area contributed by atoms with Crippen LogP contribution in [0.3, 0.4) is 0 Å². The Morgan fingerprint density at radius 1 is 1.05 bits per heavy atom. The van der Waals surface area contributed by atoms with E-state index in [1.807, 2.05) is 18.4 Å². The summed E-state index contributed by atoms with van der Waals surface area (Å²) < 4.78 is 41.4. The molecule has 0 saturated carbocycles. The van der Waals surface area contributed by atoms with Gasteiger partial charge in [0, 0.05) is 13.2 Å². The molecule has 0 saturated heterocycles. The van der Waals surface area contributed by atoms with Gasteiger partial charge in [-0.15, -0.1) is 0 Å². The summed E-state index contributed by atoms with van der Waals surface area (Å²) in [7, 11) is -2.61. The molecule has 1 amide bonds. The maximum absolute atomic E-state index is 13.4. The molecule has 0 unspecified atom stereocenters. The number of para-hydroxylation sites is 1. The van der Waals surface area contributed by atoms with Crippen molar-refractivity contribution in [1.82, 2.24) is 4.57 Å². The van der Waals surface area contributed by atoms with Gasteiger partial charge in [-0.3, -0.25) is 9.52 Å². The molecule has 0 spiro atoms. The molecule has 1 aromatic heterocycles. The number of anilines is 1. The number of nitrogens with one attached hydrogen (secondary N) is 1. The fraction of sp³-hybridized carbons (Fsp3) is 0.222. The summed E-state index contributed by atoms with van der Waals surface area (Å²) in [6.07, 6.45) is 0. The van der Waals surface area contributed by atoms with Crippen LogP contribution in [0.4, 0.5) is 5.69 Å². The molecule has 1 N–H and O–H groups in total. The summed E-state index contributed by atoms with van der Waals surface area (Å²) in [6, 6.07) is 17.9. The Bertz CT molecular complexity index is 1650. The summed E-state index contributed by atoms with van der Waals surface area (Å²) >= 11 is 1.24. The van der Waals surface area contributed by atoms with E-state index >= 15 is 0 Å². The first-order chi connectivity index (χ1) is 18.2. The zero-order chi connectivity index (χ0) is 27.3.